The molecule has 2 aliphatic heterocycles. The second-order valence-electron chi connectivity index (χ2n) is 15.3. The smallest absolute Gasteiger partial charge is 0.415 e. The van der Waals surface area contributed by atoms with E-state index in [0.717, 1.165) is 38.2 Å². The number of methoxy groups -OCH3 is 4. The summed E-state index contributed by atoms with van der Waals surface area (Å²) < 4.78 is 29.3. The third-order valence-electron chi connectivity index (χ3n) is 10.5. The van der Waals surface area contributed by atoms with Crippen LogP contribution in [0.3, 0.4) is 0 Å². The van der Waals surface area contributed by atoms with Gasteiger partial charge in [0.25, 0.3) is 0 Å². The van der Waals surface area contributed by atoms with Crippen molar-refractivity contribution in [3.8, 4) is 11.5 Å². The van der Waals surface area contributed by atoms with Crippen molar-refractivity contribution in [3.05, 3.63) is 94.5 Å². The second-order valence-corrected chi connectivity index (χ2v) is 17.0. The number of nitrogens with zero attached hydrogens (tertiary/aromatic N) is 3. The van der Waals surface area contributed by atoms with Gasteiger partial charge >= 0.3 is 42.0 Å². The zero-order valence-corrected chi connectivity index (χ0v) is 38.0. The van der Waals surface area contributed by atoms with Crippen LogP contribution >= 0.6 is 11.8 Å². The predicted octanol–water partition coefficient (Wildman–Crippen LogP) is 2.64. The van der Waals surface area contributed by atoms with Gasteiger partial charge in [-0.25, -0.2) is 33.6 Å². The number of hydrogen-bond acceptors (Lipinski definition) is 17. The summed E-state index contributed by atoms with van der Waals surface area (Å²) >= 11 is 1.21. The molecule has 5 rings (SSSR count). The number of nitrogens with one attached hydrogen (secondary N) is 2. The number of ether oxygens (including phenoxy) is 6. The molecule has 3 N–H and O–H groups in total. The second kappa shape index (κ2) is 21.5. The molecule has 2 fully saturated rings. The lowest BCUT2D eigenvalue weighted by Crippen LogP contribution is -2.71. The van der Waals surface area contributed by atoms with Crippen molar-refractivity contribution in [3.63, 3.8) is 0 Å². The zero-order chi connectivity index (χ0) is 49.3. The van der Waals surface area contributed by atoms with Crippen LogP contribution in [0.2, 0.25) is 0 Å². The summed E-state index contributed by atoms with van der Waals surface area (Å²) in [6, 6.07) is 11.8. The normalized spacial score (nSPS) is 17.0. The van der Waals surface area contributed by atoms with Crippen molar-refractivity contribution < 1.29 is 81.5 Å². The van der Waals surface area contributed by atoms with E-state index in [4.69, 9.17) is 28.4 Å². The maximum atomic E-state index is 14.0. The molecular weight excluding hydrogens is 903 g/mol. The fourth-order valence-electron chi connectivity index (χ4n) is 7.28. The van der Waals surface area contributed by atoms with Gasteiger partial charge in [-0.15, -0.1) is 11.8 Å². The molecule has 2 heterocycles. The molecule has 2 saturated heterocycles. The van der Waals surface area contributed by atoms with E-state index in [1.807, 2.05) is 0 Å². The van der Waals surface area contributed by atoms with Crippen molar-refractivity contribution in [2.75, 3.05) is 55.1 Å². The van der Waals surface area contributed by atoms with Crippen LogP contribution in [0.5, 0.6) is 11.5 Å². The number of carboxylic acid groups (broad SMARTS) is 1. The Balaban J connectivity index is 1.38. The van der Waals surface area contributed by atoms with Gasteiger partial charge in [-0.2, -0.15) is 0 Å². The monoisotopic (exact) mass is 949 g/mol. The minimum Gasteiger partial charge on any atom is -0.480 e. The molecule has 67 heavy (non-hydrogen) atoms. The number of carbonyl (C=O) groups excluding carboxylic acids is 9. The molecule has 0 aliphatic carbocycles. The number of thioether (sulfide) groups is 1. The fourth-order valence-corrected chi connectivity index (χ4v) is 8.91. The quantitative estimate of drug-likeness (QED) is 0.0996. The van der Waals surface area contributed by atoms with Crippen LogP contribution in [-0.4, -0.2) is 157 Å². The largest absolute Gasteiger partial charge is 0.480 e. The minimum absolute atomic E-state index is 0.0816. The molecule has 23 heteroatoms. The van der Waals surface area contributed by atoms with E-state index in [1.54, 1.807) is 32.0 Å². The fraction of sp³-hybridized carbons (Fsp3) is 0.364. The van der Waals surface area contributed by atoms with Crippen molar-refractivity contribution in [1.82, 2.24) is 25.3 Å². The average Bonchev–Trinajstić information content (AvgIpc) is 3.58. The number of carbonyl (C=O) groups is 10. The van der Waals surface area contributed by atoms with Gasteiger partial charge in [-0.3, -0.25) is 19.3 Å². The summed E-state index contributed by atoms with van der Waals surface area (Å²) in [6.45, 7) is 2.04. The highest BCUT2D eigenvalue weighted by molar-refractivity contribution is 8.01. The van der Waals surface area contributed by atoms with E-state index in [0.29, 0.717) is 0 Å². The van der Waals surface area contributed by atoms with E-state index in [-0.39, 0.29) is 47.5 Å². The molecule has 2 aliphatic rings. The molecule has 0 unspecified atom stereocenters. The van der Waals surface area contributed by atoms with Crippen molar-refractivity contribution in [2.24, 2.45) is 0 Å². The summed E-state index contributed by atoms with van der Waals surface area (Å²) in [5.41, 5.74) is -1.10. The number of β-lactam (4-membered cyclic amide) rings is 1. The van der Waals surface area contributed by atoms with Gasteiger partial charge in [-0.05, 0) is 50.1 Å². The molecule has 0 spiro atoms. The minimum atomic E-state index is -1.45. The molecule has 356 valence electrons. The summed E-state index contributed by atoms with van der Waals surface area (Å²) in [5.74, 6) is -8.25. The Morgan fingerprint density at radius 3 is 1.76 bits per heavy atom. The van der Waals surface area contributed by atoms with Gasteiger partial charge in [-0.1, -0.05) is 42.5 Å². The van der Waals surface area contributed by atoms with Gasteiger partial charge in [0, 0.05) is 24.9 Å². The number of benzene rings is 3. The SMILES string of the molecule is COC(=O)c1cccc(OC(=O)N(C)CCCN(CC(=O)N[C@@H](C(=O)N[C@@H]2C(=O)N3[C@@H]2SC(C)(C)[C@@H]3C(=O)O)c2ccccc2)C(=O)Oc2cccc(C(=O)OC)c2C(=O)OC)c1C(=O)OC. The topological polar surface area (TPSA) is 280 Å². The van der Waals surface area contributed by atoms with Gasteiger partial charge in [0.05, 0.1) is 39.6 Å². The Kier molecular flexibility index (Phi) is 16.2. The van der Waals surface area contributed by atoms with Gasteiger partial charge in [0.2, 0.25) is 17.7 Å². The lowest BCUT2D eigenvalue weighted by molar-refractivity contribution is -0.161. The number of esters is 4. The van der Waals surface area contributed by atoms with E-state index in [1.165, 1.54) is 72.2 Å². The third kappa shape index (κ3) is 11.1. The Morgan fingerprint density at radius 2 is 1.25 bits per heavy atom. The maximum absolute atomic E-state index is 14.0. The van der Waals surface area contributed by atoms with Gasteiger partial charge < -0.3 is 54.0 Å². The number of fused-ring (bicyclic) bond motifs is 1. The number of hydrogen-bond donors (Lipinski definition) is 3. The van der Waals surface area contributed by atoms with Crippen LogP contribution in [0.15, 0.2) is 66.7 Å². The summed E-state index contributed by atoms with van der Waals surface area (Å²) in [5, 5.41) is 14.4. The summed E-state index contributed by atoms with van der Waals surface area (Å²) in [7, 11) is 5.58. The standard InChI is InChI=1S/C44H47N5O17S/c1-44(2)33(37(53)54)49-35(52)32(36(49)67-44)46-34(51)31(23-14-9-8-10-15-23)45-28(50)22-48(43(60)66-27-19-12-17-25(39(56)62-5)30(27)41(58)64-7)21-13-20-47(3)42(59)65-26-18-11-16-24(38(55)61-4)29(26)40(57)63-6/h8-12,14-19,31-33,36H,13,20-22H2,1-7H3,(H,45,50)(H,46,51)(H,53,54)/t31-,32-,33+,36-/m1/s1. The molecule has 0 bridgehead atoms. The zero-order valence-electron chi connectivity index (χ0n) is 37.2. The molecule has 22 nitrogen and oxygen atoms in total. The molecule has 3 aromatic carbocycles. The Labute approximate surface area is 387 Å². The first kappa shape index (κ1) is 50.3. The van der Waals surface area contributed by atoms with Crippen LogP contribution in [-0.2, 0) is 38.1 Å². The molecule has 4 atom stereocenters. The third-order valence-corrected chi connectivity index (χ3v) is 12.1. The van der Waals surface area contributed by atoms with Crippen molar-refractivity contribution in [1.29, 1.82) is 0 Å². The summed E-state index contributed by atoms with van der Waals surface area (Å²) in [4.78, 5) is 134. The Morgan fingerprint density at radius 1 is 0.731 bits per heavy atom. The molecule has 0 saturated carbocycles. The Hall–Kier alpha value is -7.69. The van der Waals surface area contributed by atoms with E-state index >= 15 is 0 Å². The molecule has 5 amide bonds. The number of amides is 5. The highest BCUT2D eigenvalue weighted by Gasteiger charge is 2.64. The Bertz CT molecular complexity index is 2460. The number of aliphatic carboxylic acids is 1. The first-order valence-corrected chi connectivity index (χ1v) is 21.0. The first-order valence-electron chi connectivity index (χ1n) is 20.2. The van der Waals surface area contributed by atoms with Crippen LogP contribution in [0, 0.1) is 0 Å². The van der Waals surface area contributed by atoms with Crippen LogP contribution in [0.1, 0.15) is 73.3 Å². The lowest BCUT2D eigenvalue weighted by Gasteiger charge is -2.44. The van der Waals surface area contributed by atoms with Gasteiger partial charge in [0.15, 0.2) is 0 Å². The molecule has 3 aromatic rings. The maximum Gasteiger partial charge on any atom is 0.415 e. The van der Waals surface area contributed by atoms with E-state index in [9.17, 15) is 53.1 Å². The molecule has 0 aromatic heterocycles. The van der Waals surface area contributed by atoms with E-state index in [2.05, 4.69) is 10.6 Å². The van der Waals surface area contributed by atoms with Crippen LogP contribution in [0.4, 0.5) is 9.59 Å². The lowest BCUT2D eigenvalue weighted by atomic mass is 9.95. The van der Waals surface area contributed by atoms with Crippen molar-refractivity contribution >= 4 is 71.5 Å². The van der Waals surface area contributed by atoms with E-state index < -0.39 is 106 Å². The first-order chi connectivity index (χ1) is 31.8. The van der Waals surface area contributed by atoms with Crippen LogP contribution < -0.4 is 20.1 Å². The highest BCUT2D eigenvalue weighted by Crippen LogP contribution is 2.50. The predicted molar refractivity (Wildman–Crippen MR) is 232 cm³/mol. The van der Waals surface area contributed by atoms with Crippen LogP contribution in [0.25, 0.3) is 0 Å². The summed E-state index contributed by atoms with van der Waals surface area (Å²) in [6.07, 6.45) is -2.32. The molecular formula is C44H47N5O17S. The average molecular weight is 950 g/mol. The number of rotatable bonds is 17. The number of carboxylic acids is 1. The van der Waals surface area contributed by atoms with Crippen molar-refractivity contribution in [2.45, 2.75) is 48.5 Å². The highest BCUT2D eigenvalue weighted by atomic mass is 32.2. The van der Waals surface area contributed by atoms with Gasteiger partial charge in [0.1, 0.15) is 52.7 Å². The molecule has 0 radical (unpaired) electrons.